The van der Waals surface area contributed by atoms with E-state index in [0.717, 1.165) is 0 Å². The summed E-state index contributed by atoms with van der Waals surface area (Å²) >= 11 is 0. The molecule has 4 nitrogen and oxygen atoms in total. The van der Waals surface area contributed by atoms with Crippen LogP contribution >= 0.6 is 0 Å². The first-order valence-corrected chi connectivity index (χ1v) is 5.60. The van der Waals surface area contributed by atoms with Crippen LogP contribution in [0.3, 0.4) is 0 Å². The average Bonchev–Trinajstić information content (AvgIpc) is 2.02. The van der Waals surface area contributed by atoms with Crippen molar-refractivity contribution in [2.45, 2.75) is 25.2 Å². The van der Waals surface area contributed by atoms with Crippen molar-refractivity contribution in [2.75, 3.05) is 19.4 Å². The summed E-state index contributed by atoms with van der Waals surface area (Å²) in [4.78, 5) is 0. The fraction of sp³-hybridized carbons (Fsp3) is 1.00. The van der Waals surface area contributed by atoms with Gasteiger partial charge < -0.3 is 10.5 Å². The van der Waals surface area contributed by atoms with Crippen LogP contribution in [-0.4, -0.2) is 39.2 Å². The molecular formula is C7H17NO3S. The molecule has 0 rings (SSSR count). The monoisotopic (exact) mass is 195 g/mol. The molecule has 0 spiro atoms. The molecule has 0 aromatic carbocycles. The van der Waals surface area contributed by atoms with Crippen molar-refractivity contribution in [2.24, 2.45) is 5.73 Å². The Morgan fingerprint density at radius 2 is 1.92 bits per heavy atom. The molecule has 0 aliphatic carbocycles. The SMILES string of the molecule is COC(C)CS(=O)(=O)C(C)CN. The molecule has 0 heterocycles. The van der Waals surface area contributed by atoms with Crippen LogP contribution in [0.2, 0.25) is 0 Å². The third-order valence-corrected chi connectivity index (χ3v) is 4.17. The third-order valence-electron chi connectivity index (χ3n) is 1.81. The zero-order valence-corrected chi connectivity index (χ0v) is 8.60. The summed E-state index contributed by atoms with van der Waals surface area (Å²) in [6.45, 7) is 3.50. The fourth-order valence-electron chi connectivity index (χ4n) is 0.706. The van der Waals surface area contributed by atoms with Crippen LogP contribution in [0.25, 0.3) is 0 Å². The maximum absolute atomic E-state index is 11.4. The van der Waals surface area contributed by atoms with Gasteiger partial charge in [-0.05, 0) is 13.8 Å². The van der Waals surface area contributed by atoms with E-state index in [1.807, 2.05) is 0 Å². The molecule has 0 aliphatic heterocycles. The van der Waals surface area contributed by atoms with Gasteiger partial charge in [0, 0.05) is 13.7 Å². The Bertz CT molecular complexity index is 213. The normalized spacial score (nSPS) is 17.3. The molecule has 0 fully saturated rings. The lowest BCUT2D eigenvalue weighted by Gasteiger charge is -2.13. The molecule has 74 valence electrons. The number of sulfone groups is 1. The quantitative estimate of drug-likeness (QED) is 0.658. The molecular weight excluding hydrogens is 178 g/mol. The second-order valence-corrected chi connectivity index (χ2v) is 5.39. The van der Waals surface area contributed by atoms with Crippen molar-refractivity contribution in [1.29, 1.82) is 0 Å². The first-order valence-electron chi connectivity index (χ1n) is 3.88. The van der Waals surface area contributed by atoms with Crippen molar-refractivity contribution >= 4 is 9.84 Å². The van der Waals surface area contributed by atoms with Gasteiger partial charge in [-0.15, -0.1) is 0 Å². The van der Waals surface area contributed by atoms with Gasteiger partial charge in [-0.25, -0.2) is 8.42 Å². The zero-order valence-electron chi connectivity index (χ0n) is 7.78. The molecule has 12 heavy (non-hydrogen) atoms. The summed E-state index contributed by atoms with van der Waals surface area (Å²) in [7, 11) is -1.58. The van der Waals surface area contributed by atoms with E-state index in [-0.39, 0.29) is 18.4 Å². The summed E-state index contributed by atoms with van der Waals surface area (Å²) in [6.07, 6.45) is -0.260. The Morgan fingerprint density at radius 1 is 1.42 bits per heavy atom. The topological polar surface area (TPSA) is 69.4 Å². The number of ether oxygens (including phenoxy) is 1. The first kappa shape index (κ1) is 11.9. The van der Waals surface area contributed by atoms with Crippen molar-refractivity contribution < 1.29 is 13.2 Å². The van der Waals surface area contributed by atoms with Gasteiger partial charge in [-0.3, -0.25) is 0 Å². The Morgan fingerprint density at radius 3 is 2.25 bits per heavy atom. The number of hydrogen-bond donors (Lipinski definition) is 1. The standard InChI is InChI=1S/C7H17NO3S/c1-6(11-3)5-12(9,10)7(2)4-8/h6-7H,4-5,8H2,1-3H3. The van der Waals surface area contributed by atoms with Gasteiger partial charge in [0.05, 0.1) is 17.1 Å². The highest BCUT2D eigenvalue weighted by Gasteiger charge is 2.21. The highest BCUT2D eigenvalue weighted by molar-refractivity contribution is 7.92. The molecule has 0 saturated carbocycles. The van der Waals surface area contributed by atoms with Gasteiger partial charge in [0.2, 0.25) is 0 Å². The van der Waals surface area contributed by atoms with Crippen LogP contribution in [0.4, 0.5) is 0 Å². The second kappa shape index (κ2) is 4.79. The highest BCUT2D eigenvalue weighted by Crippen LogP contribution is 2.03. The molecule has 2 N–H and O–H groups in total. The second-order valence-electron chi connectivity index (χ2n) is 2.92. The van der Waals surface area contributed by atoms with E-state index in [1.165, 1.54) is 7.11 Å². The molecule has 2 unspecified atom stereocenters. The third kappa shape index (κ3) is 3.51. The van der Waals surface area contributed by atoms with E-state index >= 15 is 0 Å². The maximum atomic E-state index is 11.4. The number of rotatable bonds is 5. The summed E-state index contributed by atoms with van der Waals surface area (Å²) in [5.74, 6) is 0.0435. The smallest absolute Gasteiger partial charge is 0.156 e. The lowest BCUT2D eigenvalue weighted by atomic mass is 10.5. The van der Waals surface area contributed by atoms with Gasteiger partial charge >= 0.3 is 0 Å². The first-order chi connectivity index (χ1) is 5.44. The Balaban J connectivity index is 4.23. The largest absolute Gasteiger partial charge is 0.381 e. The molecule has 5 heteroatoms. The van der Waals surface area contributed by atoms with Gasteiger partial charge in [-0.2, -0.15) is 0 Å². The van der Waals surface area contributed by atoms with Crippen LogP contribution in [-0.2, 0) is 14.6 Å². The van der Waals surface area contributed by atoms with Crippen LogP contribution in [0.15, 0.2) is 0 Å². The van der Waals surface area contributed by atoms with Gasteiger partial charge in [0.15, 0.2) is 9.84 Å². The minimum Gasteiger partial charge on any atom is -0.381 e. The Labute approximate surface area is 74.0 Å². The van der Waals surface area contributed by atoms with Crippen molar-refractivity contribution in [3.05, 3.63) is 0 Å². The molecule has 0 radical (unpaired) electrons. The number of nitrogens with two attached hydrogens (primary N) is 1. The number of methoxy groups -OCH3 is 1. The maximum Gasteiger partial charge on any atom is 0.156 e. The summed E-state index contributed by atoms with van der Waals surface area (Å²) in [5, 5.41) is -0.477. The van der Waals surface area contributed by atoms with E-state index in [4.69, 9.17) is 10.5 Å². The summed E-state index contributed by atoms with van der Waals surface area (Å²) in [5.41, 5.74) is 5.26. The van der Waals surface area contributed by atoms with Crippen LogP contribution in [0.1, 0.15) is 13.8 Å². The Kier molecular flexibility index (Phi) is 4.74. The summed E-state index contributed by atoms with van der Waals surface area (Å²) < 4.78 is 27.6. The fourth-order valence-corrected chi connectivity index (χ4v) is 2.12. The Hall–Kier alpha value is -0.130. The minimum absolute atomic E-state index is 0.0435. The van der Waals surface area contributed by atoms with Crippen LogP contribution < -0.4 is 5.73 Å². The van der Waals surface area contributed by atoms with Crippen molar-refractivity contribution in [1.82, 2.24) is 0 Å². The molecule has 0 bridgehead atoms. The van der Waals surface area contributed by atoms with Crippen LogP contribution in [0.5, 0.6) is 0 Å². The lowest BCUT2D eigenvalue weighted by molar-refractivity contribution is 0.136. The highest BCUT2D eigenvalue weighted by atomic mass is 32.2. The summed E-state index contributed by atoms with van der Waals surface area (Å²) in [6, 6.07) is 0. The van der Waals surface area contributed by atoms with Crippen molar-refractivity contribution in [3.8, 4) is 0 Å². The van der Waals surface area contributed by atoms with E-state index < -0.39 is 15.1 Å². The lowest BCUT2D eigenvalue weighted by Crippen LogP contribution is -2.32. The zero-order chi connectivity index (χ0) is 9.78. The molecule has 0 aromatic heterocycles. The molecule has 0 amide bonds. The van der Waals surface area contributed by atoms with E-state index in [2.05, 4.69) is 0 Å². The molecule has 0 saturated heterocycles. The molecule has 2 atom stereocenters. The predicted octanol–water partition coefficient (Wildman–Crippen LogP) is -0.217. The molecule has 0 aliphatic rings. The van der Waals surface area contributed by atoms with Gasteiger partial charge in [-0.1, -0.05) is 0 Å². The van der Waals surface area contributed by atoms with Gasteiger partial charge in [0.1, 0.15) is 0 Å². The van der Waals surface area contributed by atoms with E-state index in [9.17, 15) is 8.42 Å². The van der Waals surface area contributed by atoms with Crippen molar-refractivity contribution in [3.63, 3.8) is 0 Å². The average molecular weight is 195 g/mol. The van der Waals surface area contributed by atoms with Gasteiger partial charge in [0.25, 0.3) is 0 Å². The predicted molar refractivity (Wildman–Crippen MR) is 48.8 cm³/mol. The minimum atomic E-state index is -3.07. The number of hydrogen-bond acceptors (Lipinski definition) is 4. The van der Waals surface area contributed by atoms with Crippen LogP contribution in [0, 0.1) is 0 Å². The molecule has 0 aromatic rings. The van der Waals surface area contributed by atoms with E-state index in [1.54, 1.807) is 13.8 Å². The van der Waals surface area contributed by atoms with E-state index in [0.29, 0.717) is 0 Å².